The fourth-order valence-corrected chi connectivity index (χ4v) is 1.54. The molecule has 6 heteroatoms. The lowest BCUT2D eigenvalue weighted by molar-refractivity contribution is 0.0432. The van der Waals surface area contributed by atoms with Crippen molar-refractivity contribution in [2.75, 3.05) is 5.73 Å². The van der Waals surface area contributed by atoms with E-state index in [2.05, 4.69) is 4.98 Å². The number of nitrogens with two attached hydrogens (primary N) is 1. The monoisotopic (exact) mass is 224 g/mol. The van der Waals surface area contributed by atoms with E-state index in [0.717, 1.165) is 0 Å². The first-order chi connectivity index (χ1) is 7.25. The molecule has 0 unspecified atom stereocenters. The Morgan fingerprint density at radius 3 is 3.13 bits per heavy atom. The number of carbonyl (C=O) groups is 1. The molecule has 2 heterocycles. The van der Waals surface area contributed by atoms with Gasteiger partial charge in [0.1, 0.15) is 6.61 Å². The van der Waals surface area contributed by atoms with Crippen LogP contribution in [0.1, 0.15) is 16.2 Å². The summed E-state index contributed by atoms with van der Waals surface area (Å²) in [7, 11) is 0. The van der Waals surface area contributed by atoms with Gasteiger partial charge >= 0.3 is 5.97 Å². The Bertz CT molecular complexity index is 450. The van der Waals surface area contributed by atoms with Gasteiger partial charge < -0.3 is 14.9 Å². The molecule has 0 spiro atoms. The molecule has 0 saturated heterocycles. The van der Waals surface area contributed by atoms with Crippen LogP contribution in [0.15, 0.2) is 28.2 Å². The van der Waals surface area contributed by atoms with Crippen molar-refractivity contribution in [3.05, 3.63) is 35.2 Å². The van der Waals surface area contributed by atoms with E-state index in [1.54, 1.807) is 11.4 Å². The van der Waals surface area contributed by atoms with E-state index in [0.29, 0.717) is 10.8 Å². The second kappa shape index (κ2) is 4.14. The predicted molar refractivity (Wildman–Crippen MR) is 54.4 cm³/mol. The molecule has 2 rings (SSSR count). The van der Waals surface area contributed by atoms with Crippen LogP contribution in [0.5, 0.6) is 0 Å². The highest BCUT2D eigenvalue weighted by Crippen LogP contribution is 2.12. The minimum absolute atomic E-state index is 0.104. The van der Waals surface area contributed by atoms with E-state index >= 15 is 0 Å². The molecule has 0 saturated carbocycles. The van der Waals surface area contributed by atoms with Gasteiger partial charge in [0.25, 0.3) is 0 Å². The molecule has 0 fully saturated rings. The van der Waals surface area contributed by atoms with Crippen molar-refractivity contribution in [3.8, 4) is 0 Å². The lowest BCUT2D eigenvalue weighted by Crippen LogP contribution is -2.04. The molecule has 0 bridgehead atoms. The minimum Gasteiger partial charge on any atom is -0.457 e. The van der Waals surface area contributed by atoms with Gasteiger partial charge in [-0.25, -0.2) is 9.78 Å². The zero-order valence-electron chi connectivity index (χ0n) is 7.67. The first kappa shape index (κ1) is 9.72. The van der Waals surface area contributed by atoms with E-state index < -0.39 is 5.97 Å². The van der Waals surface area contributed by atoms with Crippen molar-refractivity contribution in [2.45, 2.75) is 6.61 Å². The summed E-state index contributed by atoms with van der Waals surface area (Å²) in [5, 5.41) is 2.20. The number of rotatable bonds is 3. The van der Waals surface area contributed by atoms with E-state index in [1.807, 2.05) is 0 Å². The molecule has 0 aliphatic rings. The second-order valence-electron chi connectivity index (χ2n) is 2.73. The minimum atomic E-state index is -0.508. The van der Waals surface area contributed by atoms with Gasteiger partial charge in [0, 0.05) is 5.38 Å². The number of carbonyl (C=O) groups excluding carboxylic acids is 1. The third kappa shape index (κ3) is 2.35. The molecule has 15 heavy (non-hydrogen) atoms. The number of aromatic nitrogens is 1. The molecule has 0 atom stereocenters. The highest BCUT2D eigenvalue weighted by Gasteiger charge is 2.10. The van der Waals surface area contributed by atoms with Crippen molar-refractivity contribution in [1.29, 1.82) is 0 Å². The Balaban J connectivity index is 1.91. The number of ether oxygens (including phenoxy) is 1. The first-order valence-electron chi connectivity index (χ1n) is 4.16. The zero-order chi connectivity index (χ0) is 10.7. The highest BCUT2D eigenvalue weighted by atomic mass is 32.1. The van der Waals surface area contributed by atoms with Gasteiger partial charge in [-0.05, 0) is 12.1 Å². The molecule has 2 aromatic rings. The summed E-state index contributed by atoms with van der Waals surface area (Å²) >= 11 is 1.31. The molecule has 2 aromatic heterocycles. The highest BCUT2D eigenvalue weighted by molar-refractivity contribution is 7.13. The first-order valence-corrected chi connectivity index (χ1v) is 5.04. The Hall–Kier alpha value is -1.82. The summed E-state index contributed by atoms with van der Waals surface area (Å²) in [6, 6.07) is 3.16. The van der Waals surface area contributed by atoms with Crippen molar-refractivity contribution in [2.24, 2.45) is 0 Å². The number of nitrogen functional groups attached to an aromatic ring is 1. The second-order valence-corrected chi connectivity index (χ2v) is 3.62. The van der Waals surface area contributed by atoms with Gasteiger partial charge in [0.15, 0.2) is 5.13 Å². The Kier molecular flexibility index (Phi) is 2.68. The lowest BCUT2D eigenvalue weighted by atomic mass is 10.4. The summed E-state index contributed by atoms with van der Waals surface area (Å²) in [6.45, 7) is 0.104. The van der Waals surface area contributed by atoms with E-state index in [1.165, 1.54) is 23.7 Å². The van der Waals surface area contributed by atoms with Gasteiger partial charge in [-0.2, -0.15) is 0 Å². The Labute approximate surface area is 89.5 Å². The van der Waals surface area contributed by atoms with Crippen LogP contribution < -0.4 is 5.73 Å². The number of hydrogen-bond donors (Lipinski definition) is 1. The maximum atomic E-state index is 11.3. The molecule has 0 radical (unpaired) electrons. The van der Waals surface area contributed by atoms with E-state index in [9.17, 15) is 4.79 Å². The van der Waals surface area contributed by atoms with Crippen LogP contribution in [-0.4, -0.2) is 11.0 Å². The number of nitrogens with zero attached hydrogens (tertiary/aromatic N) is 1. The Morgan fingerprint density at radius 1 is 1.67 bits per heavy atom. The smallest absolute Gasteiger partial charge is 0.374 e. The van der Waals surface area contributed by atoms with Crippen LogP contribution in [0.2, 0.25) is 0 Å². The maximum Gasteiger partial charge on any atom is 0.374 e. The number of thiazole rings is 1. The number of furan rings is 1. The predicted octanol–water partition coefficient (Wildman–Crippen LogP) is 1.68. The molecule has 0 aliphatic carbocycles. The van der Waals surface area contributed by atoms with Gasteiger partial charge in [0.05, 0.1) is 12.0 Å². The summed E-state index contributed by atoms with van der Waals surface area (Å²) in [4.78, 5) is 15.3. The molecule has 78 valence electrons. The lowest BCUT2D eigenvalue weighted by Gasteiger charge is -1.98. The molecular weight excluding hydrogens is 216 g/mol. The standard InChI is InChI=1S/C9H8N2O3S/c10-9-11-6(5-15-9)4-14-8(12)7-2-1-3-13-7/h1-3,5H,4H2,(H2,10,11). The largest absolute Gasteiger partial charge is 0.457 e. The molecule has 5 nitrogen and oxygen atoms in total. The van der Waals surface area contributed by atoms with Crippen LogP contribution in [-0.2, 0) is 11.3 Å². The molecule has 0 aromatic carbocycles. The summed E-state index contributed by atoms with van der Waals surface area (Å²) in [6.07, 6.45) is 1.41. The van der Waals surface area contributed by atoms with E-state index in [-0.39, 0.29) is 12.4 Å². The summed E-state index contributed by atoms with van der Waals surface area (Å²) in [5.41, 5.74) is 6.06. The van der Waals surface area contributed by atoms with Crippen LogP contribution >= 0.6 is 11.3 Å². The molecular formula is C9H8N2O3S. The summed E-state index contributed by atoms with van der Waals surface area (Å²) in [5.74, 6) is -0.329. The molecule has 2 N–H and O–H groups in total. The van der Waals surface area contributed by atoms with Crippen molar-refractivity contribution < 1.29 is 13.9 Å². The van der Waals surface area contributed by atoms with Crippen molar-refractivity contribution >= 4 is 22.4 Å². The fraction of sp³-hybridized carbons (Fsp3) is 0.111. The number of anilines is 1. The average molecular weight is 224 g/mol. The molecule has 0 aliphatic heterocycles. The van der Waals surface area contributed by atoms with Gasteiger partial charge in [0.2, 0.25) is 5.76 Å². The van der Waals surface area contributed by atoms with Gasteiger partial charge in [-0.3, -0.25) is 0 Å². The average Bonchev–Trinajstić information content (AvgIpc) is 2.84. The number of esters is 1. The SMILES string of the molecule is Nc1nc(COC(=O)c2ccco2)cs1. The fourth-order valence-electron chi connectivity index (χ4n) is 0.994. The topological polar surface area (TPSA) is 78.4 Å². The zero-order valence-corrected chi connectivity index (χ0v) is 8.49. The normalized spacial score (nSPS) is 10.1. The maximum absolute atomic E-state index is 11.3. The Morgan fingerprint density at radius 2 is 2.53 bits per heavy atom. The third-order valence-corrected chi connectivity index (χ3v) is 2.37. The van der Waals surface area contributed by atoms with Crippen LogP contribution in [0, 0.1) is 0 Å². The van der Waals surface area contributed by atoms with Crippen molar-refractivity contribution in [1.82, 2.24) is 4.98 Å². The number of hydrogen-bond acceptors (Lipinski definition) is 6. The van der Waals surface area contributed by atoms with Crippen LogP contribution in [0.3, 0.4) is 0 Å². The molecule has 0 amide bonds. The van der Waals surface area contributed by atoms with Gasteiger partial charge in [-0.1, -0.05) is 0 Å². The third-order valence-electron chi connectivity index (χ3n) is 1.64. The van der Waals surface area contributed by atoms with E-state index in [4.69, 9.17) is 14.9 Å². The van der Waals surface area contributed by atoms with Crippen LogP contribution in [0.25, 0.3) is 0 Å². The summed E-state index contributed by atoms with van der Waals surface area (Å²) < 4.78 is 9.81. The van der Waals surface area contributed by atoms with Crippen LogP contribution in [0.4, 0.5) is 5.13 Å². The quantitative estimate of drug-likeness (QED) is 0.802. The van der Waals surface area contributed by atoms with Crippen molar-refractivity contribution in [3.63, 3.8) is 0 Å². The van der Waals surface area contributed by atoms with Gasteiger partial charge in [-0.15, -0.1) is 11.3 Å².